The molecule has 0 aliphatic carbocycles. The van der Waals surface area contributed by atoms with Crippen molar-refractivity contribution in [2.45, 2.75) is 13.8 Å². The van der Waals surface area contributed by atoms with Crippen molar-refractivity contribution in [2.75, 3.05) is 0 Å². The third-order valence-corrected chi connectivity index (χ3v) is 3.12. The van der Waals surface area contributed by atoms with Gasteiger partial charge in [-0.15, -0.1) is 0 Å². The molecular weight excluding hydrogens is 246 g/mol. The van der Waals surface area contributed by atoms with Gasteiger partial charge in [0.25, 0.3) is 0 Å². The Morgan fingerprint density at radius 3 is 2.25 bits per heavy atom. The van der Waals surface area contributed by atoms with E-state index in [2.05, 4.69) is 46.1 Å². The highest BCUT2D eigenvalue weighted by Gasteiger charge is 2.05. The minimum absolute atomic E-state index is 0.666. The molecule has 1 aromatic carbocycles. The van der Waals surface area contributed by atoms with Crippen LogP contribution < -0.4 is 0 Å². The summed E-state index contributed by atoms with van der Waals surface area (Å²) in [6.07, 6.45) is 1.76. The van der Waals surface area contributed by atoms with Crippen LogP contribution in [0.1, 0.15) is 11.3 Å². The molecule has 0 aliphatic heterocycles. The lowest BCUT2D eigenvalue weighted by molar-refractivity contribution is 1.09. The van der Waals surface area contributed by atoms with E-state index < -0.39 is 0 Å². The molecule has 2 heterocycles. The first kappa shape index (κ1) is 12.5. The Morgan fingerprint density at radius 2 is 1.50 bits per heavy atom. The molecule has 0 aliphatic rings. The quantitative estimate of drug-likeness (QED) is 0.704. The lowest BCUT2D eigenvalue weighted by Crippen LogP contribution is -1.94. The maximum Gasteiger partial charge on any atom is 0.178 e. The average molecular weight is 261 g/mol. The smallest absolute Gasteiger partial charge is 0.178 e. The largest absolute Gasteiger partial charge is 0.244 e. The molecule has 0 N–H and O–H groups in total. The van der Waals surface area contributed by atoms with E-state index in [1.54, 1.807) is 6.20 Å². The monoisotopic (exact) mass is 261 g/mol. The molecule has 3 aromatic rings. The molecule has 0 saturated heterocycles. The van der Waals surface area contributed by atoms with Crippen molar-refractivity contribution in [3.05, 3.63) is 66.0 Å². The van der Waals surface area contributed by atoms with E-state index in [-0.39, 0.29) is 0 Å². The predicted molar refractivity (Wildman–Crippen MR) is 80.2 cm³/mol. The van der Waals surface area contributed by atoms with Crippen molar-refractivity contribution in [1.82, 2.24) is 15.0 Å². The van der Waals surface area contributed by atoms with E-state index in [1.165, 1.54) is 5.56 Å². The van der Waals surface area contributed by atoms with Crippen molar-refractivity contribution in [2.24, 2.45) is 0 Å². The summed E-state index contributed by atoms with van der Waals surface area (Å²) in [6, 6.07) is 16.2. The summed E-state index contributed by atoms with van der Waals surface area (Å²) in [5.74, 6) is 0.666. The van der Waals surface area contributed by atoms with Gasteiger partial charge in [-0.05, 0) is 32.0 Å². The van der Waals surface area contributed by atoms with Crippen molar-refractivity contribution in [1.29, 1.82) is 0 Å². The number of pyridine rings is 1. The highest BCUT2D eigenvalue weighted by Crippen LogP contribution is 2.20. The Hall–Kier alpha value is -2.55. The van der Waals surface area contributed by atoms with E-state index in [0.717, 1.165) is 22.6 Å². The number of aryl methyl sites for hydroxylation is 2. The molecule has 0 unspecified atom stereocenters. The van der Waals surface area contributed by atoms with E-state index >= 15 is 0 Å². The SMILES string of the molecule is Cc1ccc(-c2cccc(-c3nccc(C)n3)n2)cc1. The van der Waals surface area contributed by atoms with Gasteiger partial charge < -0.3 is 0 Å². The van der Waals surface area contributed by atoms with Crippen LogP contribution in [0.4, 0.5) is 0 Å². The molecule has 0 amide bonds. The van der Waals surface area contributed by atoms with E-state index in [4.69, 9.17) is 0 Å². The summed E-state index contributed by atoms with van der Waals surface area (Å²) in [5, 5.41) is 0. The van der Waals surface area contributed by atoms with Crippen LogP contribution >= 0.6 is 0 Å². The topological polar surface area (TPSA) is 38.7 Å². The Morgan fingerprint density at radius 1 is 0.750 bits per heavy atom. The second kappa shape index (κ2) is 5.21. The predicted octanol–water partition coefficient (Wildman–Crippen LogP) is 3.82. The van der Waals surface area contributed by atoms with Crippen molar-refractivity contribution in [3.8, 4) is 22.8 Å². The Balaban J connectivity index is 2.03. The van der Waals surface area contributed by atoms with Gasteiger partial charge in [0.1, 0.15) is 5.69 Å². The minimum Gasteiger partial charge on any atom is -0.244 e. The molecular formula is C17H15N3. The molecule has 3 rings (SSSR count). The van der Waals surface area contributed by atoms with Gasteiger partial charge in [-0.2, -0.15) is 0 Å². The highest BCUT2D eigenvalue weighted by molar-refractivity contribution is 5.63. The van der Waals surface area contributed by atoms with Gasteiger partial charge in [0.05, 0.1) is 5.69 Å². The molecule has 3 nitrogen and oxygen atoms in total. The first-order valence-corrected chi connectivity index (χ1v) is 6.56. The molecule has 0 bridgehead atoms. The van der Waals surface area contributed by atoms with Crippen LogP contribution in [0.2, 0.25) is 0 Å². The second-order valence-corrected chi connectivity index (χ2v) is 4.80. The van der Waals surface area contributed by atoms with Gasteiger partial charge in [0, 0.05) is 17.5 Å². The van der Waals surface area contributed by atoms with Crippen LogP contribution in [0.25, 0.3) is 22.8 Å². The molecule has 0 fully saturated rings. The van der Waals surface area contributed by atoms with Crippen molar-refractivity contribution >= 4 is 0 Å². The van der Waals surface area contributed by atoms with Gasteiger partial charge in [-0.1, -0.05) is 35.9 Å². The summed E-state index contributed by atoms with van der Waals surface area (Å²) >= 11 is 0. The zero-order chi connectivity index (χ0) is 13.9. The third-order valence-electron chi connectivity index (χ3n) is 3.12. The molecule has 0 atom stereocenters. The van der Waals surface area contributed by atoms with Crippen LogP contribution in [0.5, 0.6) is 0 Å². The maximum atomic E-state index is 4.66. The molecule has 0 saturated carbocycles. The number of nitrogens with zero attached hydrogens (tertiary/aromatic N) is 3. The fourth-order valence-electron chi connectivity index (χ4n) is 2.02. The van der Waals surface area contributed by atoms with Crippen LogP contribution in [-0.4, -0.2) is 15.0 Å². The van der Waals surface area contributed by atoms with Crippen LogP contribution in [-0.2, 0) is 0 Å². The fourth-order valence-corrected chi connectivity index (χ4v) is 2.02. The summed E-state index contributed by atoms with van der Waals surface area (Å²) in [4.78, 5) is 13.4. The minimum atomic E-state index is 0.666. The standard InChI is InChI=1S/C17H15N3/c1-12-6-8-14(9-7-12)15-4-3-5-16(20-15)17-18-11-10-13(2)19-17/h3-11H,1-2H3. The zero-order valence-corrected chi connectivity index (χ0v) is 11.5. The normalized spacial score (nSPS) is 10.5. The average Bonchev–Trinajstić information content (AvgIpc) is 2.48. The van der Waals surface area contributed by atoms with Gasteiger partial charge in [-0.3, -0.25) is 0 Å². The molecule has 3 heteroatoms. The maximum absolute atomic E-state index is 4.66. The highest BCUT2D eigenvalue weighted by atomic mass is 14.9. The Bertz CT molecular complexity index is 733. The van der Waals surface area contributed by atoms with Crippen molar-refractivity contribution < 1.29 is 0 Å². The van der Waals surface area contributed by atoms with Crippen molar-refractivity contribution in [3.63, 3.8) is 0 Å². The molecule has 0 radical (unpaired) electrons. The lowest BCUT2D eigenvalue weighted by atomic mass is 10.1. The Kier molecular flexibility index (Phi) is 3.25. The Labute approximate surface area is 118 Å². The lowest BCUT2D eigenvalue weighted by Gasteiger charge is -2.05. The van der Waals surface area contributed by atoms with E-state index in [1.807, 2.05) is 31.2 Å². The molecule has 20 heavy (non-hydrogen) atoms. The summed E-state index contributed by atoms with van der Waals surface area (Å²) in [6.45, 7) is 4.03. The molecule has 0 spiro atoms. The number of rotatable bonds is 2. The fraction of sp³-hybridized carbons (Fsp3) is 0.118. The summed E-state index contributed by atoms with van der Waals surface area (Å²) < 4.78 is 0. The third kappa shape index (κ3) is 2.57. The van der Waals surface area contributed by atoms with E-state index in [0.29, 0.717) is 5.82 Å². The number of hydrogen-bond acceptors (Lipinski definition) is 3. The molecule has 2 aromatic heterocycles. The number of aromatic nitrogens is 3. The second-order valence-electron chi connectivity index (χ2n) is 4.80. The van der Waals surface area contributed by atoms with Crippen LogP contribution in [0.3, 0.4) is 0 Å². The van der Waals surface area contributed by atoms with Gasteiger partial charge >= 0.3 is 0 Å². The van der Waals surface area contributed by atoms with E-state index in [9.17, 15) is 0 Å². The van der Waals surface area contributed by atoms with Crippen LogP contribution in [0, 0.1) is 13.8 Å². The number of hydrogen-bond donors (Lipinski definition) is 0. The zero-order valence-electron chi connectivity index (χ0n) is 11.5. The summed E-state index contributed by atoms with van der Waals surface area (Å²) in [7, 11) is 0. The molecule has 98 valence electrons. The summed E-state index contributed by atoms with van der Waals surface area (Å²) in [5.41, 5.74) is 5.02. The first-order chi connectivity index (χ1) is 9.72. The van der Waals surface area contributed by atoms with Crippen LogP contribution in [0.15, 0.2) is 54.7 Å². The van der Waals surface area contributed by atoms with Gasteiger partial charge in [-0.25, -0.2) is 15.0 Å². The first-order valence-electron chi connectivity index (χ1n) is 6.56. The van der Waals surface area contributed by atoms with Gasteiger partial charge in [0.15, 0.2) is 5.82 Å². The van der Waals surface area contributed by atoms with Gasteiger partial charge in [0.2, 0.25) is 0 Å². The number of benzene rings is 1.